The third kappa shape index (κ3) is 29.2. The minimum atomic E-state index is 0. The van der Waals surface area contributed by atoms with Gasteiger partial charge in [0.15, 0.2) is 0 Å². The van der Waals surface area contributed by atoms with Crippen molar-refractivity contribution in [3.8, 4) is 0 Å². The molecule has 6 N–H and O–H groups in total. The number of rotatable bonds is 24. The monoisotopic (exact) mass is 767 g/mol. The molecule has 0 spiro atoms. The number of nitrogens with one attached hydrogen (secondary N) is 2. The van der Waals surface area contributed by atoms with Crippen molar-refractivity contribution in [3.63, 3.8) is 0 Å². The summed E-state index contributed by atoms with van der Waals surface area (Å²) < 4.78 is 4.55. The number of aromatic nitrogens is 2. The summed E-state index contributed by atoms with van der Waals surface area (Å²) in [4.78, 5) is 4.44. The minimum Gasteiger partial charge on any atom is -0.393 e. The SMILES string of the molecule is [CH2-]CCN(C)/C=C\[NH2+]CCCC(C)C.[CH2-]CC[n+]1ccn(C(C)(C)CCC[NH2+]/C=C\N(C)CCCCN/C=C\NC)c1.[Y].[Y]. The summed E-state index contributed by atoms with van der Waals surface area (Å²) >= 11 is 0. The van der Waals surface area contributed by atoms with Gasteiger partial charge in [-0.3, -0.25) is 0 Å². The molecule has 0 aliphatic heterocycles. The van der Waals surface area contributed by atoms with Gasteiger partial charge in [0.25, 0.3) is 0 Å². The first kappa shape index (κ1) is 48.2. The van der Waals surface area contributed by atoms with Crippen LogP contribution in [0.2, 0.25) is 0 Å². The van der Waals surface area contributed by atoms with Crippen LogP contribution in [0.15, 0.2) is 55.9 Å². The molecule has 1 heterocycles. The molecular formula is C34H69N8Y2+. The van der Waals surface area contributed by atoms with Crippen molar-refractivity contribution in [1.82, 2.24) is 25.0 Å². The van der Waals surface area contributed by atoms with E-state index in [0.717, 1.165) is 51.5 Å². The Hall–Kier alpha value is -0.242. The van der Waals surface area contributed by atoms with Crippen LogP contribution in [0.5, 0.6) is 0 Å². The topological polar surface area (TPSA) is 72.6 Å². The molecular weight excluding hydrogens is 698 g/mol. The molecule has 44 heavy (non-hydrogen) atoms. The number of aryl methyl sites for hydroxylation is 1. The fourth-order valence-corrected chi connectivity index (χ4v) is 4.31. The molecule has 0 aliphatic rings. The van der Waals surface area contributed by atoms with E-state index in [1.807, 2.05) is 19.4 Å². The number of nitrogens with two attached hydrogens (primary N) is 2. The fraction of sp³-hybridized carbons (Fsp3) is 0.676. The predicted octanol–water partition coefficient (Wildman–Crippen LogP) is 3.15. The Morgan fingerprint density at radius 2 is 1.55 bits per heavy atom. The second kappa shape index (κ2) is 32.7. The number of quaternary nitrogens is 2. The van der Waals surface area contributed by atoms with Crippen molar-refractivity contribution in [1.29, 1.82) is 0 Å². The summed E-state index contributed by atoms with van der Waals surface area (Å²) in [5, 5.41) is 10.8. The zero-order valence-electron chi connectivity index (χ0n) is 29.7. The predicted molar refractivity (Wildman–Crippen MR) is 180 cm³/mol. The molecule has 0 fully saturated rings. The maximum Gasteiger partial charge on any atom is 0.244 e. The average Bonchev–Trinajstić information content (AvgIpc) is 3.42. The van der Waals surface area contributed by atoms with E-state index >= 15 is 0 Å². The molecule has 8 nitrogen and oxygen atoms in total. The van der Waals surface area contributed by atoms with E-state index in [1.54, 1.807) is 0 Å². The summed E-state index contributed by atoms with van der Waals surface area (Å²) in [5.74, 6) is 0.834. The number of imidazole rings is 1. The Kier molecular flexibility index (Phi) is 35.8. The van der Waals surface area contributed by atoms with Gasteiger partial charge in [-0.05, 0) is 58.4 Å². The molecule has 0 atom stereocenters. The molecule has 0 bridgehead atoms. The molecule has 10 heteroatoms. The van der Waals surface area contributed by atoms with E-state index in [-0.39, 0.29) is 71.0 Å². The van der Waals surface area contributed by atoms with Gasteiger partial charge in [0.1, 0.15) is 30.3 Å². The van der Waals surface area contributed by atoms with Crippen LogP contribution >= 0.6 is 0 Å². The van der Waals surface area contributed by atoms with E-state index in [4.69, 9.17) is 0 Å². The molecule has 0 unspecified atom stereocenters. The van der Waals surface area contributed by atoms with Crippen LogP contribution in [0.1, 0.15) is 79.1 Å². The summed E-state index contributed by atoms with van der Waals surface area (Å²) in [5.41, 5.74) is 0.150. The van der Waals surface area contributed by atoms with Gasteiger partial charge in [-0.25, -0.2) is 9.13 Å². The van der Waals surface area contributed by atoms with Crippen molar-refractivity contribution in [2.45, 2.75) is 91.1 Å². The third-order valence-corrected chi connectivity index (χ3v) is 7.03. The first-order valence-electron chi connectivity index (χ1n) is 16.3. The average molecular weight is 768 g/mol. The second-order valence-electron chi connectivity index (χ2n) is 12.2. The molecule has 0 saturated carbocycles. The van der Waals surface area contributed by atoms with Crippen LogP contribution in [-0.4, -0.2) is 68.2 Å². The van der Waals surface area contributed by atoms with E-state index in [2.05, 4.69) is 139 Å². The minimum absolute atomic E-state index is 0. The molecule has 1 aromatic rings. The van der Waals surface area contributed by atoms with Crippen LogP contribution in [0.25, 0.3) is 0 Å². The van der Waals surface area contributed by atoms with Gasteiger partial charge in [0, 0.05) is 118 Å². The normalized spacial score (nSPS) is 11.4. The van der Waals surface area contributed by atoms with Crippen LogP contribution in [0.3, 0.4) is 0 Å². The van der Waals surface area contributed by atoms with E-state index in [0.29, 0.717) is 0 Å². The maximum atomic E-state index is 3.93. The molecule has 1 rings (SSSR count). The third-order valence-electron chi connectivity index (χ3n) is 7.03. The molecule has 250 valence electrons. The Balaban J connectivity index is -0.000000895. The van der Waals surface area contributed by atoms with Gasteiger partial charge in [0.2, 0.25) is 6.33 Å². The van der Waals surface area contributed by atoms with Crippen LogP contribution in [-0.2, 0) is 77.5 Å². The summed E-state index contributed by atoms with van der Waals surface area (Å²) in [6.45, 7) is 23.4. The first-order chi connectivity index (χ1) is 20.2. The summed E-state index contributed by atoms with van der Waals surface area (Å²) in [6.07, 6.45) is 28.3. The first-order valence-corrected chi connectivity index (χ1v) is 16.3. The number of nitrogens with zero attached hydrogens (tertiary/aromatic N) is 4. The van der Waals surface area contributed by atoms with Gasteiger partial charge in [-0.1, -0.05) is 13.8 Å². The molecule has 0 aliphatic carbocycles. The van der Waals surface area contributed by atoms with Crippen LogP contribution in [0, 0.1) is 19.8 Å². The number of unbranched alkanes of at least 4 members (excludes halogenated alkanes) is 1. The van der Waals surface area contributed by atoms with Gasteiger partial charge in [0.05, 0.1) is 32.0 Å². The Morgan fingerprint density at radius 3 is 2.14 bits per heavy atom. The van der Waals surface area contributed by atoms with Crippen molar-refractivity contribution in [3.05, 3.63) is 69.8 Å². The van der Waals surface area contributed by atoms with Crippen molar-refractivity contribution in [2.75, 3.05) is 53.9 Å². The van der Waals surface area contributed by atoms with E-state index < -0.39 is 0 Å². The largest absolute Gasteiger partial charge is 0.393 e. The van der Waals surface area contributed by atoms with Crippen molar-refractivity contribution < 1.29 is 80.6 Å². The zero-order valence-corrected chi connectivity index (χ0v) is 35.4. The summed E-state index contributed by atoms with van der Waals surface area (Å²) in [7, 11) is 6.14. The van der Waals surface area contributed by atoms with Gasteiger partial charge in [-0.15, -0.1) is 6.42 Å². The second-order valence-corrected chi connectivity index (χ2v) is 12.2. The number of hydrogen-bond acceptors (Lipinski definition) is 4. The van der Waals surface area contributed by atoms with Gasteiger partial charge < -0.3 is 44.9 Å². The molecule has 0 amide bonds. The molecule has 2 radical (unpaired) electrons. The fourth-order valence-electron chi connectivity index (χ4n) is 4.31. The molecule has 1 aromatic heterocycles. The smallest absolute Gasteiger partial charge is 0.244 e. The summed E-state index contributed by atoms with van der Waals surface area (Å²) in [6, 6.07) is 0. The molecule has 0 aromatic carbocycles. The van der Waals surface area contributed by atoms with Gasteiger partial charge >= 0.3 is 0 Å². The standard InChI is InChI=1S/C22H42N6.C12H25N2.2Y/c1-6-16-27-19-20-28(21-27)22(2,3)10-9-12-25-15-18-26(5)17-8-7-11-24-14-13-23-4;1-5-10-14(4)11-9-13-8-6-7-12(2)3;;/h13-15,18-21,23-25H,1,6-12,16-17H2,2-5H3;9,11-13H,1,5-8,10H2,2-4H3;;/q;-1;;/p+2/b14-13-,18-15-;11-9-;;. The van der Waals surface area contributed by atoms with Crippen LogP contribution in [0.4, 0.5) is 0 Å². The van der Waals surface area contributed by atoms with Crippen molar-refractivity contribution >= 4 is 0 Å². The Bertz CT molecular complexity index is 824. The molecule has 0 saturated heterocycles. The maximum absolute atomic E-state index is 3.93. The zero-order chi connectivity index (χ0) is 31.5. The van der Waals surface area contributed by atoms with Crippen LogP contribution < -0.4 is 25.8 Å². The Morgan fingerprint density at radius 1 is 0.909 bits per heavy atom. The number of hydrogen-bond donors (Lipinski definition) is 4. The Labute approximate surface area is 323 Å². The van der Waals surface area contributed by atoms with Crippen molar-refractivity contribution in [2.24, 2.45) is 5.92 Å². The van der Waals surface area contributed by atoms with E-state index in [1.165, 1.54) is 45.1 Å². The quantitative estimate of drug-likeness (QED) is 0.0743. The van der Waals surface area contributed by atoms with Gasteiger partial charge in [-0.2, -0.15) is 6.42 Å². The van der Waals surface area contributed by atoms with E-state index in [9.17, 15) is 0 Å².